The first-order chi connectivity index (χ1) is 9.60. The van der Waals surface area contributed by atoms with Crippen molar-refractivity contribution in [3.63, 3.8) is 0 Å². The van der Waals surface area contributed by atoms with Gasteiger partial charge in [-0.25, -0.2) is 0 Å². The number of hydrogen-bond acceptors (Lipinski definition) is 4. The van der Waals surface area contributed by atoms with E-state index in [4.69, 9.17) is 27.9 Å². The number of nitrogens with one attached hydrogen (secondary N) is 1. The van der Waals surface area contributed by atoms with Gasteiger partial charge in [0.1, 0.15) is 12.4 Å². The Hall–Kier alpha value is -1.30. The molecule has 0 heterocycles. The standard InChI is InChI=1S/C13H14Cl2N2O3/c14-6-10(15)8-20-13-4-3-12(17(18)19)5-9(13)7-16-11-1-2-11/h3-6,11,16H,1-2,7-8H2. The van der Waals surface area contributed by atoms with E-state index in [0.717, 1.165) is 18.4 Å². The average Bonchev–Trinajstić information content (AvgIpc) is 3.26. The fourth-order valence-corrected chi connectivity index (χ4v) is 1.80. The summed E-state index contributed by atoms with van der Waals surface area (Å²) in [5.74, 6) is 0.570. The van der Waals surface area contributed by atoms with Gasteiger partial charge in [0, 0.05) is 35.8 Å². The molecule has 2 rings (SSSR count). The molecule has 0 aromatic heterocycles. The van der Waals surface area contributed by atoms with Crippen molar-refractivity contribution in [2.75, 3.05) is 6.61 Å². The molecule has 7 heteroatoms. The number of ether oxygens (including phenoxy) is 1. The van der Waals surface area contributed by atoms with E-state index in [0.29, 0.717) is 23.4 Å². The van der Waals surface area contributed by atoms with Gasteiger partial charge in [-0.05, 0) is 18.9 Å². The van der Waals surface area contributed by atoms with Gasteiger partial charge < -0.3 is 10.1 Å². The summed E-state index contributed by atoms with van der Waals surface area (Å²) in [6, 6.07) is 5.02. The highest BCUT2D eigenvalue weighted by Gasteiger charge is 2.21. The van der Waals surface area contributed by atoms with Gasteiger partial charge in [-0.15, -0.1) is 0 Å². The molecule has 20 heavy (non-hydrogen) atoms. The first kappa shape index (κ1) is 15.1. The Morgan fingerprint density at radius 3 is 2.90 bits per heavy atom. The highest BCUT2D eigenvalue weighted by atomic mass is 35.5. The fraction of sp³-hybridized carbons (Fsp3) is 0.385. The largest absolute Gasteiger partial charge is 0.488 e. The van der Waals surface area contributed by atoms with Crippen LogP contribution in [0.5, 0.6) is 5.75 Å². The Bertz CT molecular complexity index is 530. The monoisotopic (exact) mass is 316 g/mol. The predicted molar refractivity (Wildman–Crippen MR) is 78.2 cm³/mol. The molecule has 1 N–H and O–H groups in total. The van der Waals surface area contributed by atoms with Crippen molar-refractivity contribution >= 4 is 28.9 Å². The molecule has 108 valence electrons. The number of nitro groups is 1. The Labute approximate surface area is 126 Å². The van der Waals surface area contributed by atoms with Gasteiger partial charge in [-0.2, -0.15) is 0 Å². The molecule has 0 atom stereocenters. The lowest BCUT2D eigenvalue weighted by atomic mass is 10.1. The van der Waals surface area contributed by atoms with Crippen molar-refractivity contribution in [1.29, 1.82) is 0 Å². The Balaban J connectivity index is 2.12. The Kier molecular flexibility index (Phi) is 5.23. The smallest absolute Gasteiger partial charge is 0.270 e. The molecule has 0 bridgehead atoms. The van der Waals surface area contributed by atoms with Gasteiger partial charge in [0.2, 0.25) is 0 Å². The van der Waals surface area contributed by atoms with Crippen LogP contribution in [-0.2, 0) is 6.54 Å². The van der Waals surface area contributed by atoms with E-state index in [1.54, 1.807) is 6.07 Å². The number of hydrogen-bond donors (Lipinski definition) is 1. The van der Waals surface area contributed by atoms with Crippen molar-refractivity contribution in [3.8, 4) is 5.75 Å². The molecule has 0 amide bonds. The number of nitrogens with zero attached hydrogens (tertiary/aromatic N) is 1. The number of non-ortho nitro benzene ring substituents is 1. The van der Waals surface area contributed by atoms with Crippen LogP contribution >= 0.6 is 23.2 Å². The number of rotatable bonds is 7. The summed E-state index contributed by atoms with van der Waals surface area (Å²) < 4.78 is 5.53. The van der Waals surface area contributed by atoms with E-state index < -0.39 is 4.92 Å². The third-order valence-electron chi connectivity index (χ3n) is 2.90. The second kappa shape index (κ2) is 6.92. The first-order valence-electron chi connectivity index (χ1n) is 6.18. The molecule has 1 saturated carbocycles. The molecular weight excluding hydrogens is 303 g/mol. The highest BCUT2D eigenvalue weighted by Crippen LogP contribution is 2.27. The lowest BCUT2D eigenvalue weighted by Gasteiger charge is -2.11. The molecule has 1 fully saturated rings. The normalized spacial score (nSPS) is 15.2. The summed E-state index contributed by atoms with van der Waals surface area (Å²) in [5, 5.41) is 14.5. The highest BCUT2D eigenvalue weighted by molar-refractivity contribution is 6.36. The molecular formula is C13H14Cl2N2O3. The topological polar surface area (TPSA) is 64.4 Å². The van der Waals surface area contributed by atoms with Gasteiger partial charge in [-0.1, -0.05) is 23.2 Å². The molecule has 0 spiro atoms. The van der Waals surface area contributed by atoms with E-state index in [1.807, 2.05) is 0 Å². The maximum atomic E-state index is 10.8. The summed E-state index contributed by atoms with van der Waals surface area (Å²) in [6.07, 6.45) is 2.29. The molecule has 0 radical (unpaired) electrons. The number of halogens is 2. The van der Waals surface area contributed by atoms with Gasteiger partial charge in [0.05, 0.1) is 9.96 Å². The lowest BCUT2D eigenvalue weighted by Crippen LogP contribution is -2.16. The third kappa shape index (κ3) is 4.37. The molecule has 1 aromatic carbocycles. The predicted octanol–water partition coefficient (Wildman–Crippen LogP) is 3.54. The summed E-state index contributed by atoms with van der Waals surface area (Å²) >= 11 is 11.2. The van der Waals surface area contributed by atoms with Crippen molar-refractivity contribution in [3.05, 3.63) is 44.4 Å². The molecule has 0 unspecified atom stereocenters. The fourth-order valence-electron chi connectivity index (χ4n) is 1.68. The van der Waals surface area contributed by atoms with E-state index >= 15 is 0 Å². The minimum absolute atomic E-state index is 0.0453. The Morgan fingerprint density at radius 2 is 2.30 bits per heavy atom. The van der Waals surface area contributed by atoms with Gasteiger partial charge in [0.25, 0.3) is 5.69 Å². The van der Waals surface area contributed by atoms with Gasteiger partial charge in [0.15, 0.2) is 0 Å². The van der Waals surface area contributed by atoms with Crippen LogP contribution in [0.3, 0.4) is 0 Å². The van der Waals surface area contributed by atoms with Crippen molar-refractivity contribution < 1.29 is 9.66 Å². The second-order valence-corrected chi connectivity index (χ2v) is 5.25. The minimum atomic E-state index is -0.421. The van der Waals surface area contributed by atoms with Gasteiger partial charge in [-0.3, -0.25) is 10.1 Å². The summed E-state index contributed by atoms with van der Waals surface area (Å²) in [7, 11) is 0. The maximum Gasteiger partial charge on any atom is 0.270 e. The number of nitro benzene ring substituents is 1. The molecule has 1 aliphatic rings. The van der Waals surface area contributed by atoms with Crippen LogP contribution in [0.2, 0.25) is 0 Å². The van der Waals surface area contributed by atoms with Crippen LogP contribution < -0.4 is 10.1 Å². The van der Waals surface area contributed by atoms with E-state index in [9.17, 15) is 10.1 Å². The zero-order chi connectivity index (χ0) is 14.5. The molecule has 5 nitrogen and oxygen atoms in total. The van der Waals surface area contributed by atoms with Crippen LogP contribution in [0.25, 0.3) is 0 Å². The van der Waals surface area contributed by atoms with Crippen molar-refractivity contribution in [2.45, 2.75) is 25.4 Å². The lowest BCUT2D eigenvalue weighted by molar-refractivity contribution is -0.384. The van der Waals surface area contributed by atoms with Crippen LogP contribution in [-0.4, -0.2) is 17.6 Å². The summed E-state index contributed by atoms with van der Waals surface area (Å²) in [6.45, 7) is 0.670. The average molecular weight is 317 g/mol. The van der Waals surface area contributed by atoms with Crippen LogP contribution in [0.1, 0.15) is 18.4 Å². The van der Waals surface area contributed by atoms with Crippen LogP contribution in [0.15, 0.2) is 28.8 Å². The molecule has 1 aliphatic carbocycles. The Morgan fingerprint density at radius 1 is 1.55 bits per heavy atom. The maximum absolute atomic E-state index is 10.8. The molecule has 0 saturated heterocycles. The van der Waals surface area contributed by atoms with Crippen LogP contribution in [0.4, 0.5) is 5.69 Å². The zero-order valence-electron chi connectivity index (χ0n) is 10.6. The van der Waals surface area contributed by atoms with Crippen molar-refractivity contribution in [2.24, 2.45) is 0 Å². The van der Waals surface area contributed by atoms with E-state index in [1.165, 1.54) is 17.7 Å². The van der Waals surface area contributed by atoms with Gasteiger partial charge >= 0.3 is 0 Å². The summed E-state index contributed by atoms with van der Waals surface area (Å²) in [5.41, 5.74) is 2.02. The zero-order valence-corrected chi connectivity index (χ0v) is 12.2. The summed E-state index contributed by atoms with van der Waals surface area (Å²) in [4.78, 5) is 10.4. The quantitative estimate of drug-likeness (QED) is 0.617. The minimum Gasteiger partial charge on any atom is -0.488 e. The molecule has 0 aliphatic heterocycles. The SMILES string of the molecule is O=[N+]([O-])c1ccc(OCC(Cl)=CCl)c(CNC2CC2)c1. The second-order valence-electron chi connectivity index (χ2n) is 4.55. The van der Waals surface area contributed by atoms with Crippen LogP contribution in [0, 0.1) is 10.1 Å². The van der Waals surface area contributed by atoms with E-state index in [2.05, 4.69) is 5.32 Å². The van der Waals surface area contributed by atoms with E-state index in [-0.39, 0.29) is 12.3 Å². The van der Waals surface area contributed by atoms with Crippen molar-refractivity contribution in [1.82, 2.24) is 5.32 Å². The third-order valence-corrected chi connectivity index (χ3v) is 3.49. The molecule has 1 aromatic rings. The first-order valence-corrected chi connectivity index (χ1v) is 7.00. The number of benzene rings is 1.